The van der Waals surface area contributed by atoms with E-state index in [1.54, 1.807) is 0 Å². The van der Waals surface area contributed by atoms with E-state index in [9.17, 15) is 4.79 Å². The van der Waals surface area contributed by atoms with Crippen LogP contribution in [0.5, 0.6) is 0 Å². The van der Waals surface area contributed by atoms with Crippen LogP contribution < -0.4 is 5.73 Å². The third kappa shape index (κ3) is 3.96. The maximum Gasteiger partial charge on any atom is 0.240 e. The van der Waals surface area contributed by atoms with Crippen molar-refractivity contribution < 1.29 is 9.53 Å². The molecule has 1 rings (SSSR count). The van der Waals surface area contributed by atoms with Crippen molar-refractivity contribution in [1.82, 2.24) is 4.90 Å². The molecule has 1 saturated heterocycles. The largest absolute Gasteiger partial charge is 0.376 e. The summed E-state index contributed by atoms with van der Waals surface area (Å²) in [5.41, 5.74) is 5.84. The van der Waals surface area contributed by atoms with Crippen molar-refractivity contribution >= 4 is 5.91 Å². The monoisotopic (exact) mass is 242 g/mol. The number of rotatable bonds is 2. The lowest BCUT2D eigenvalue weighted by molar-refractivity contribution is -0.135. The van der Waals surface area contributed by atoms with Crippen molar-refractivity contribution in [3.63, 3.8) is 0 Å². The standard InChI is InChI=1S/C13H26N2O2/c1-5-10-9-15(7-6-8-17-10)12(16)11(14)13(2,3)4/h10-11H,5-9,14H2,1-4H3. The molecule has 1 aliphatic rings. The van der Waals surface area contributed by atoms with Crippen molar-refractivity contribution in [3.05, 3.63) is 0 Å². The van der Waals surface area contributed by atoms with E-state index >= 15 is 0 Å². The van der Waals surface area contributed by atoms with Crippen molar-refractivity contribution in [2.45, 2.75) is 52.7 Å². The van der Waals surface area contributed by atoms with Gasteiger partial charge >= 0.3 is 0 Å². The molecule has 1 heterocycles. The summed E-state index contributed by atoms with van der Waals surface area (Å²) in [6.07, 6.45) is 2.00. The van der Waals surface area contributed by atoms with Gasteiger partial charge in [0.25, 0.3) is 0 Å². The molecule has 1 fully saturated rings. The Morgan fingerprint density at radius 2 is 2.18 bits per heavy atom. The number of amides is 1. The molecule has 1 aliphatic heterocycles. The molecular weight excluding hydrogens is 216 g/mol. The third-order valence-corrected chi connectivity index (χ3v) is 3.32. The van der Waals surface area contributed by atoms with Crippen molar-refractivity contribution in [2.24, 2.45) is 11.1 Å². The Kier molecular flexibility index (Phi) is 4.95. The number of carbonyl (C=O) groups excluding carboxylic acids is 1. The van der Waals surface area contributed by atoms with Crippen LogP contribution in [0.1, 0.15) is 40.5 Å². The lowest BCUT2D eigenvalue weighted by Crippen LogP contribution is -2.51. The average molecular weight is 242 g/mol. The number of nitrogens with two attached hydrogens (primary N) is 1. The van der Waals surface area contributed by atoms with Gasteiger partial charge in [-0.15, -0.1) is 0 Å². The predicted molar refractivity (Wildman–Crippen MR) is 68.7 cm³/mol. The van der Waals surface area contributed by atoms with Gasteiger partial charge in [-0.1, -0.05) is 27.7 Å². The molecule has 0 aromatic heterocycles. The van der Waals surface area contributed by atoms with E-state index in [1.165, 1.54) is 0 Å². The topological polar surface area (TPSA) is 55.6 Å². The van der Waals surface area contributed by atoms with Gasteiger partial charge in [-0.2, -0.15) is 0 Å². The Balaban J connectivity index is 2.67. The number of carbonyl (C=O) groups is 1. The molecule has 2 N–H and O–H groups in total. The minimum atomic E-state index is -0.432. The Morgan fingerprint density at radius 1 is 1.53 bits per heavy atom. The van der Waals surface area contributed by atoms with Crippen LogP contribution in [0.3, 0.4) is 0 Å². The van der Waals surface area contributed by atoms with Gasteiger partial charge in [0.2, 0.25) is 5.91 Å². The van der Waals surface area contributed by atoms with E-state index in [4.69, 9.17) is 10.5 Å². The van der Waals surface area contributed by atoms with E-state index in [1.807, 2.05) is 25.7 Å². The van der Waals surface area contributed by atoms with Gasteiger partial charge < -0.3 is 15.4 Å². The lowest BCUT2D eigenvalue weighted by atomic mass is 9.86. The van der Waals surface area contributed by atoms with E-state index in [2.05, 4.69) is 6.92 Å². The fourth-order valence-corrected chi connectivity index (χ4v) is 1.91. The molecule has 0 spiro atoms. The molecular formula is C13H26N2O2. The highest BCUT2D eigenvalue weighted by atomic mass is 16.5. The minimum absolute atomic E-state index is 0.0569. The van der Waals surface area contributed by atoms with Crippen molar-refractivity contribution in [1.29, 1.82) is 0 Å². The first-order valence-electron chi connectivity index (χ1n) is 6.52. The zero-order valence-corrected chi connectivity index (χ0v) is 11.5. The number of hydrogen-bond acceptors (Lipinski definition) is 3. The van der Waals surface area contributed by atoms with E-state index < -0.39 is 6.04 Å². The molecule has 0 saturated carbocycles. The van der Waals surface area contributed by atoms with Crippen molar-refractivity contribution in [2.75, 3.05) is 19.7 Å². The predicted octanol–water partition coefficient (Wildman–Crippen LogP) is 1.39. The quantitative estimate of drug-likeness (QED) is 0.796. The Labute approximate surface area is 104 Å². The molecule has 2 unspecified atom stereocenters. The maximum absolute atomic E-state index is 12.3. The zero-order chi connectivity index (χ0) is 13.1. The highest BCUT2D eigenvalue weighted by molar-refractivity contribution is 5.82. The molecule has 4 heteroatoms. The van der Waals surface area contributed by atoms with Gasteiger partial charge in [-0.3, -0.25) is 4.79 Å². The van der Waals surface area contributed by atoms with Crippen LogP contribution in [0.25, 0.3) is 0 Å². The fourth-order valence-electron chi connectivity index (χ4n) is 1.91. The summed E-state index contributed by atoms with van der Waals surface area (Å²) in [4.78, 5) is 14.2. The lowest BCUT2D eigenvalue weighted by Gasteiger charge is -2.32. The van der Waals surface area contributed by atoms with Crippen LogP contribution in [0.4, 0.5) is 0 Å². The van der Waals surface area contributed by atoms with Gasteiger partial charge in [0.1, 0.15) is 0 Å². The molecule has 0 aromatic rings. The maximum atomic E-state index is 12.3. The van der Waals surface area contributed by atoms with Crippen LogP contribution in [0, 0.1) is 5.41 Å². The molecule has 1 amide bonds. The summed E-state index contributed by atoms with van der Waals surface area (Å²) in [7, 11) is 0. The SMILES string of the molecule is CCC1CN(C(=O)C(N)C(C)(C)C)CCCO1. The minimum Gasteiger partial charge on any atom is -0.376 e. The Morgan fingerprint density at radius 3 is 2.71 bits per heavy atom. The Bertz CT molecular complexity index is 261. The van der Waals surface area contributed by atoms with Crippen LogP contribution in [0.15, 0.2) is 0 Å². The second-order valence-electron chi connectivity index (χ2n) is 5.88. The first kappa shape index (κ1) is 14.5. The number of hydrogen-bond donors (Lipinski definition) is 1. The van der Waals surface area contributed by atoms with Gasteiger partial charge in [-0.25, -0.2) is 0 Å². The normalized spacial score (nSPS) is 24.3. The first-order valence-corrected chi connectivity index (χ1v) is 6.52. The fraction of sp³-hybridized carbons (Fsp3) is 0.923. The third-order valence-electron chi connectivity index (χ3n) is 3.32. The van der Waals surface area contributed by atoms with E-state index in [0.29, 0.717) is 6.54 Å². The van der Waals surface area contributed by atoms with Crippen LogP contribution in [-0.2, 0) is 9.53 Å². The molecule has 0 bridgehead atoms. The second kappa shape index (κ2) is 5.83. The van der Waals surface area contributed by atoms with Crippen LogP contribution >= 0.6 is 0 Å². The highest BCUT2D eigenvalue weighted by Gasteiger charge is 2.32. The van der Waals surface area contributed by atoms with Gasteiger partial charge in [-0.05, 0) is 18.3 Å². The van der Waals surface area contributed by atoms with Crippen LogP contribution in [-0.4, -0.2) is 42.6 Å². The van der Waals surface area contributed by atoms with Gasteiger partial charge in [0, 0.05) is 19.7 Å². The summed E-state index contributed by atoms with van der Waals surface area (Å²) < 4.78 is 5.66. The molecule has 2 atom stereocenters. The number of ether oxygens (including phenoxy) is 1. The summed E-state index contributed by atoms with van der Waals surface area (Å²) in [6.45, 7) is 10.3. The van der Waals surface area contributed by atoms with E-state index in [0.717, 1.165) is 26.0 Å². The molecule has 0 radical (unpaired) electrons. The van der Waals surface area contributed by atoms with Gasteiger partial charge in [0.15, 0.2) is 0 Å². The van der Waals surface area contributed by atoms with Gasteiger partial charge in [0.05, 0.1) is 12.1 Å². The Hall–Kier alpha value is -0.610. The zero-order valence-electron chi connectivity index (χ0n) is 11.5. The molecule has 0 aromatic carbocycles. The molecule has 100 valence electrons. The summed E-state index contributed by atoms with van der Waals surface area (Å²) >= 11 is 0. The highest BCUT2D eigenvalue weighted by Crippen LogP contribution is 2.20. The molecule has 0 aliphatic carbocycles. The summed E-state index contributed by atoms with van der Waals surface area (Å²) in [5, 5.41) is 0. The molecule has 4 nitrogen and oxygen atoms in total. The second-order valence-corrected chi connectivity index (χ2v) is 5.88. The van der Waals surface area contributed by atoms with E-state index in [-0.39, 0.29) is 17.4 Å². The van der Waals surface area contributed by atoms with Crippen LogP contribution in [0.2, 0.25) is 0 Å². The summed E-state index contributed by atoms with van der Waals surface area (Å²) in [5.74, 6) is 0.0569. The smallest absolute Gasteiger partial charge is 0.240 e. The molecule has 17 heavy (non-hydrogen) atoms. The first-order chi connectivity index (χ1) is 7.86. The summed E-state index contributed by atoms with van der Waals surface area (Å²) in [6, 6.07) is -0.432. The number of nitrogens with zero attached hydrogens (tertiary/aromatic N) is 1. The van der Waals surface area contributed by atoms with Crippen molar-refractivity contribution in [3.8, 4) is 0 Å². The average Bonchev–Trinajstić information content (AvgIpc) is 2.50.